The molecule has 19 heavy (non-hydrogen) atoms. The number of hydrogen-bond acceptors (Lipinski definition) is 3. The smallest absolute Gasteiger partial charge is 0.248 e. The number of carbonyl (C=O) groups is 1. The van der Waals surface area contributed by atoms with Gasteiger partial charge in [-0.1, -0.05) is 18.2 Å². The zero-order valence-electron chi connectivity index (χ0n) is 10.9. The van der Waals surface area contributed by atoms with E-state index in [9.17, 15) is 4.79 Å². The molecule has 1 aromatic carbocycles. The van der Waals surface area contributed by atoms with Crippen LogP contribution in [0.25, 0.3) is 0 Å². The fraction of sp³-hybridized carbons (Fsp3) is 0.200. The molecule has 0 aliphatic carbocycles. The largest absolute Gasteiger partial charge is 0.366 e. The first-order valence-corrected chi connectivity index (χ1v) is 6.17. The Morgan fingerprint density at radius 2 is 1.95 bits per heavy atom. The van der Waals surface area contributed by atoms with E-state index in [1.54, 1.807) is 18.3 Å². The first-order chi connectivity index (χ1) is 9.16. The Kier molecular flexibility index (Phi) is 4.26. The summed E-state index contributed by atoms with van der Waals surface area (Å²) in [6, 6.07) is 11.3. The van der Waals surface area contributed by atoms with E-state index in [-0.39, 0.29) is 0 Å². The fourth-order valence-corrected chi connectivity index (χ4v) is 1.82. The highest BCUT2D eigenvalue weighted by Crippen LogP contribution is 2.05. The predicted octanol–water partition coefficient (Wildman–Crippen LogP) is 1.78. The van der Waals surface area contributed by atoms with Crippen molar-refractivity contribution in [1.29, 1.82) is 0 Å². The molecule has 2 aromatic rings. The quantitative estimate of drug-likeness (QED) is 0.855. The molecule has 1 amide bonds. The topological polar surface area (TPSA) is 68.0 Å². The van der Waals surface area contributed by atoms with Gasteiger partial charge in [0, 0.05) is 24.8 Å². The second-order valence-corrected chi connectivity index (χ2v) is 4.43. The van der Waals surface area contributed by atoms with Gasteiger partial charge in [-0.05, 0) is 36.2 Å². The lowest BCUT2D eigenvalue weighted by atomic mass is 10.1. The Morgan fingerprint density at radius 1 is 1.21 bits per heavy atom. The molecule has 0 aliphatic heterocycles. The Hall–Kier alpha value is -2.20. The number of hydrogen-bond donors (Lipinski definition) is 2. The molecule has 0 aliphatic rings. The summed E-state index contributed by atoms with van der Waals surface area (Å²) in [4.78, 5) is 15.3. The van der Waals surface area contributed by atoms with Crippen LogP contribution in [0, 0.1) is 6.92 Å². The number of benzene rings is 1. The lowest BCUT2D eigenvalue weighted by molar-refractivity contribution is 0.100. The van der Waals surface area contributed by atoms with Crippen LogP contribution in [0.4, 0.5) is 0 Å². The summed E-state index contributed by atoms with van der Waals surface area (Å²) in [5, 5.41) is 3.33. The molecule has 0 radical (unpaired) electrons. The number of aromatic nitrogens is 1. The number of primary amides is 1. The van der Waals surface area contributed by atoms with Crippen LogP contribution < -0.4 is 11.1 Å². The Labute approximate surface area is 112 Å². The van der Waals surface area contributed by atoms with E-state index in [4.69, 9.17) is 5.73 Å². The van der Waals surface area contributed by atoms with Crippen molar-refractivity contribution in [3.63, 3.8) is 0 Å². The molecule has 1 heterocycles. The van der Waals surface area contributed by atoms with E-state index in [2.05, 4.69) is 10.3 Å². The average Bonchev–Trinajstić information content (AvgIpc) is 2.41. The maximum Gasteiger partial charge on any atom is 0.248 e. The Balaban J connectivity index is 1.89. The van der Waals surface area contributed by atoms with Crippen LogP contribution in [-0.4, -0.2) is 10.9 Å². The standard InChI is InChI=1S/C15H17N3O/c1-11-3-2-8-18-14(11)10-17-9-12-4-6-13(7-5-12)15(16)19/h2-8,17H,9-10H2,1H3,(H2,16,19). The van der Waals surface area contributed by atoms with Crippen molar-refractivity contribution >= 4 is 5.91 Å². The van der Waals surface area contributed by atoms with E-state index in [1.165, 1.54) is 5.56 Å². The van der Waals surface area contributed by atoms with Crippen molar-refractivity contribution in [3.8, 4) is 0 Å². The van der Waals surface area contributed by atoms with Gasteiger partial charge in [-0.25, -0.2) is 0 Å². The highest BCUT2D eigenvalue weighted by Gasteiger charge is 2.01. The molecule has 4 nitrogen and oxygen atoms in total. The van der Waals surface area contributed by atoms with Gasteiger partial charge in [-0.3, -0.25) is 9.78 Å². The summed E-state index contributed by atoms with van der Waals surface area (Å²) in [6.07, 6.45) is 1.80. The zero-order chi connectivity index (χ0) is 13.7. The minimum Gasteiger partial charge on any atom is -0.366 e. The normalized spacial score (nSPS) is 10.4. The van der Waals surface area contributed by atoms with Crippen LogP contribution >= 0.6 is 0 Å². The molecule has 3 N–H and O–H groups in total. The van der Waals surface area contributed by atoms with Crippen LogP contribution in [0.2, 0.25) is 0 Å². The third kappa shape index (κ3) is 3.63. The Bertz CT molecular complexity index is 564. The molecule has 0 saturated carbocycles. The first kappa shape index (κ1) is 13.2. The van der Waals surface area contributed by atoms with Crippen LogP contribution in [0.15, 0.2) is 42.6 Å². The van der Waals surface area contributed by atoms with Crippen LogP contribution in [0.5, 0.6) is 0 Å². The van der Waals surface area contributed by atoms with Crippen molar-refractivity contribution in [2.24, 2.45) is 5.73 Å². The summed E-state index contributed by atoms with van der Waals surface area (Å²) in [5.41, 5.74) is 9.07. The molecule has 2 rings (SSSR count). The fourth-order valence-electron chi connectivity index (χ4n) is 1.82. The lowest BCUT2D eigenvalue weighted by Crippen LogP contribution is -2.15. The van der Waals surface area contributed by atoms with Gasteiger partial charge < -0.3 is 11.1 Å². The van der Waals surface area contributed by atoms with E-state index in [0.717, 1.165) is 24.3 Å². The number of nitrogens with one attached hydrogen (secondary N) is 1. The number of rotatable bonds is 5. The lowest BCUT2D eigenvalue weighted by Gasteiger charge is -2.07. The zero-order valence-corrected chi connectivity index (χ0v) is 10.9. The van der Waals surface area contributed by atoms with Gasteiger partial charge in [0.05, 0.1) is 5.69 Å². The van der Waals surface area contributed by atoms with Gasteiger partial charge >= 0.3 is 0 Å². The van der Waals surface area contributed by atoms with Crippen LogP contribution in [0.3, 0.4) is 0 Å². The van der Waals surface area contributed by atoms with E-state index < -0.39 is 5.91 Å². The van der Waals surface area contributed by atoms with E-state index in [0.29, 0.717) is 5.56 Å². The Morgan fingerprint density at radius 3 is 2.58 bits per heavy atom. The number of aryl methyl sites for hydroxylation is 1. The number of nitrogens with two attached hydrogens (primary N) is 1. The van der Waals surface area contributed by atoms with Crippen molar-refractivity contribution < 1.29 is 4.79 Å². The van der Waals surface area contributed by atoms with Crippen LogP contribution in [-0.2, 0) is 13.1 Å². The highest BCUT2D eigenvalue weighted by atomic mass is 16.1. The van der Waals surface area contributed by atoms with Crippen molar-refractivity contribution in [1.82, 2.24) is 10.3 Å². The van der Waals surface area contributed by atoms with E-state index in [1.807, 2.05) is 31.2 Å². The van der Waals surface area contributed by atoms with Gasteiger partial charge in [0.25, 0.3) is 0 Å². The first-order valence-electron chi connectivity index (χ1n) is 6.17. The summed E-state index contributed by atoms with van der Waals surface area (Å²) in [7, 11) is 0. The number of pyridine rings is 1. The number of amides is 1. The third-order valence-corrected chi connectivity index (χ3v) is 2.98. The van der Waals surface area contributed by atoms with Gasteiger partial charge in [0.2, 0.25) is 5.91 Å². The van der Waals surface area contributed by atoms with Gasteiger partial charge in [0.1, 0.15) is 0 Å². The molecule has 0 bridgehead atoms. The second-order valence-electron chi connectivity index (χ2n) is 4.43. The molecule has 1 aromatic heterocycles. The predicted molar refractivity (Wildman–Crippen MR) is 74.5 cm³/mol. The van der Waals surface area contributed by atoms with Gasteiger partial charge in [-0.2, -0.15) is 0 Å². The highest BCUT2D eigenvalue weighted by molar-refractivity contribution is 5.92. The van der Waals surface area contributed by atoms with Crippen molar-refractivity contribution in [2.45, 2.75) is 20.0 Å². The molecule has 0 unspecified atom stereocenters. The summed E-state index contributed by atoms with van der Waals surface area (Å²) in [6.45, 7) is 3.50. The minimum absolute atomic E-state index is 0.399. The van der Waals surface area contributed by atoms with Gasteiger partial charge in [-0.15, -0.1) is 0 Å². The van der Waals surface area contributed by atoms with E-state index >= 15 is 0 Å². The monoisotopic (exact) mass is 255 g/mol. The number of carbonyl (C=O) groups excluding carboxylic acids is 1. The molecule has 4 heteroatoms. The molecule has 0 atom stereocenters. The molecule has 0 saturated heterocycles. The summed E-state index contributed by atoms with van der Waals surface area (Å²) in [5.74, 6) is -0.399. The summed E-state index contributed by atoms with van der Waals surface area (Å²) >= 11 is 0. The maximum atomic E-state index is 10.9. The minimum atomic E-state index is -0.399. The van der Waals surface area contributed by atoms with Gasteiger partial charge in [0.15, 0.2) is 0 Å². The average molecular weight is 255 g/mol. The molecule has 0 spiro atoms. The van der Waals surface area contributed by atoms with Crippen LogP contribution in [0.1, 0.15) is 27.2 Å². The summed E-state index contributed by atoms with van der Waals surface area (Å²) < 4.78 is 0. The number of nitrogens with zero attached hydrogens (tertiary/aromatic N) is 1. The molecular formula is C15H17N3O. The van der Waals surface area contributed by atoms with Crippen molar-refractivity contribution in [3.05, 3.63) is 65.0 Å². The third-order valence-electron chi connectivity index (χ3n) is 2.98. The maximum absolute atomic E-state index is 10.9. The molecular weight excluding hydrogens is 238 g/mol. The van der Waals surface area contributed by atoms with Crippen molar-refractivity contribution in [2.75, 3.05) is 0 Å². The molecule has 98 valence electrons. The second kappa shape index (κ2) is 6.11. The molecule has 0 fully saturated rings. The SMILES string of the molecule is Cc1cccnc1CNCc1ccc(C(N)=O)cc1.